The highest BCUT2D eigenvalue weighted by atomic mass is 16.7. The minimum atomic E-state index is -0.706. The van der Waals surface area contributed by atoms with E-state index in [4.69, 9.17) is 4.84 Å². The first-order chi connectivity index (χ1) is 11.2. The van der Waals surface area contributed by atoms with Gasteiger partial charge in [0.1, 0.15) is 5.69 Å². The number of amides is 2. The fraction of sp³-hybridized carbons (Fsp3) is 0.235. The molecule has 2 aromatic rings. The average molecular weight is 310 g/mol. The molecule has 1 aliphatic heterocycles. The van der Waals surface area contributed by atoms with Crippen LogP contribution in [0.2, 0.25) is 0 Å². The highest BCUT2D eigenvalue weighted by Gasteiger charge is 2.39. The van der Waals surface area contributed by atoms with Gasteiger partial charge in [-0.05, 0) is 48.9 Å². The van der Waals surface area contributed by atoms with E-state index in [1.165, 1.54) is 0 Å². The second-order valence-corrected chi connectivity index (χ2v) is 5.70. The van der Waals surface area contributed by atoms with E-state index < -0.39 is 17.8 Å². The minimum absolute atomic E-state index is 0.249. The SMILES string of the molecule is O=C(ON1C(=O)c2ccccc2C1=O)c1[nH]cc2c1CCCC2. The molecule has 23 heavy (non-hydrogen) atoms. The van der Waals surface area contributed by atoms with E-state index >= 15 is 0 Å². The van der Waals surface area contributed by atoms with Gasteiger partial charge in [0, 0.05) is 6.20 Å². The average Bonchev–Trinajstić information content (AvgIpc) is 3.11. The molecule has 6 heteroatoms. The molecule has 116 valence electrons. The number of hydrogen-bond donors (Lipinski definition) is 1. The molecular formula is C17H14N2O4. The van der Waals surface area contributed by atoms with Crippen molar-refractivity contribution in [2.24, 2.45) is 0 Å². The Kier molecular flexibility index (Phi) is 3.04. The molecule has 0 bridgehead atoms. The lowest BCUT2D eigenvalue weighted by molar-refractivity contribution is -0.0588. The number of aryl methyl sites for hydroxylation is 1. The van der Waals surface area contributed by atoms with Crippen LogP contribution < -0.4 is 0 Å². The molecule has 1 N–H and O–H groups in total. The molecule has 0 fully saturated rings. The number of nitrogens with one attached hydrogen (secondary N) is 1. The van der Waals surface area contributed by atoms with E-state index in [9.17, 15) is 14.4 Å². The topological polar surface area (TPSA) is 79.5 Å². The summed E-state index contributed by atoms with van der Waals surface area (Å²) in [5.41, 5.74) is 2.86. The summed E-state index contributed by atoms with van der Waals surface area (Å²) < 4.78 is 0. The van der Waals surface area contributed by atoms with Crippen LogP contribution in [0.5, 0.6) is 0 Å². The molecule has 2 amide bonds. The van der Waals surface area contributed by atoms with Crippen molar-refractivity contribution in [3.8, 4) is 0 Å². The van der Waals surface area contributed by atoms with Crippen LogP contribution in [-0.2, 0) is 17.7 Å². The van der Waals surface area contributed by atoms with Gasteiger partial charge < -0.3 is 9.82 Å². The lowest BCUT2D eigenvalue weighted by atomic mass is 9.94. The molecule has 1 aromatic heterocycles. The Balaban J connectivity index is 1.60. The van der Waals surface area contributed by atoms with E-state index in [-0.39, 0.29) is 11.1 Å². The van der Waals surface area contributed by atoms with E-state index in [0.29, 0.717) is 10.8 Å². The highest BCUT2D eigenvalue weighted by molar-refractivity contribution is 6.21. The predicted molar refractivity (Wildman–Crippen MR) is 79.8 cm³/mol. The van der Waals surface area contributed by atoms with Crippen molar-refractivity contribution in [3.63, 3.8) is 0 Å². The monoisotopic (exact) mass is 310 g/mol. The number of rotatable bonds is 2. The summed E-state index contributed by atoms with van der Waals surface area (Å²) in [5.74, 6) is -1.93. The van der Waals surface area contributed by atoms with Gasteiger partial charge in [0.2, 0.25) is 0 Å². The molecule has 1 aromatic carbocycles. The molecular weight excluding hydrogens is 296 g/mol. The zero-order valence-electron chi connectivity index (χ0n) is 12.3. The largest absolute Gasteiger partial charge is 0.380 e. The van der Waals surface area contributed by atoms with Crippen LogP contribution >= 0.6 is 0 Å². The van der Waals surface area contributed by atoms with Crippen LogP contribution in [0.15, 0.2) is 30.5 Å². The van der Waals surface area contributed by atoms with Crippen molar-refractivity contribution < 1.29 is 19.2 Å². The number of nitrogens with zero attached hydrogens (tertiary/aromatic N) is 1. The number of carbonyl (C=O) groups is 3. The van der Waals surface area contributed by atoms with Gasteiger partial charge in [-0.1, -0.05) is 17.2 Å². The number of fused-ring (bicyclic) bond motifs is 2. The molecule has 0 saturated heterocycles. The van der Waals surface area contributed by atoms with Crippen molar-refractivity contribution in [3.05, 3.63) is 58.4 Å². The van der Waals surface area contributed by atoms with Crippen molar-refractivity contribution in [1.82, 2.24) is 10.0 Å². The van der Waals surface area contributed by atoms with Gasteiger partial charge in [-0.3, -0.25) is 9.59 Å². The number of H-pyrrole nitrogens is 1. The molecule has 0 atom stereocenters. The highest BCUT2D eigenvalue weighted by Crippen LogP contribution is 2.27. The summed E-state index contributed by atoms with van der Waals surface area (Å²) in [5, 5.41) is 0.545. The van der Waals surface area contributed by atoms with Gasteiger partial charge in [-0.25, -0.2) is 4.79 Å². The minimum Gasteiger partial charge on any atom is -0.355 e. The molecule has 4 rings (SSSR count). The smallest absolute Gasteiger partial charge is 0.355 e. The molecule has 0 radical (unpaired) electrons. The van der Waals surface area contributed by atoms with Crippen molar-refractivity contribution in [1.29, 1.82) is 0 Å². The number of carbonyl (C=O) groups excluding carboxylic acids is 3. The summed E-state index contributed by atoms with van der Waals surface area (Å²) in [6.45, 7) is 0. The maximum atomic E-state index is 12.4. The van der Waals surface area contributed by atoms with Crippen molar-refractivity contribution in [2.45, 2.75) is 25.7 Å². The maximum Gasteiger partial charge on any atom is 0.380 e. The summed E-state index contributed by atoms with van der Waals surface area (Å²) >= 11 is 0. The van der Waals surface area contributed by atoms with Crippen LogP contribution in [0, 0.1) is 0 Å². The molecule has 2 aliphatic rings. The molecule has 6 nitrogen and oxygen atoms in total. The second kappa shape index (κ2) is 5.08. The zero-order valence-corrected chi connectivity index (χ0v) is 12.3. The fourth-order valence-electron chi connectivity index (χ4n) is 3.18. The number of imide groups is 1. The lowest BCUT2D eigenvalue weighted by Crippen LogP contribution is -2.33. The zero-order chi connectivity index (χ0) is 16.0. The Morgan fingerprint density at radius 2 is 1.70 bits per heavy atom. The Hall–Kier alpha value is -2.89. The summed E-state index contributed by atoms with van der Waals surface area (Å²) in [6, 6.07) is 6.41. The van der Waals surface area contributed by atoms with E-state index in [1.54, 1.807) is 30.5 Å². The third-order valence-electron chi connectivity index (χ3n) is 4.34. The second-order valence-electron chi connectivity index (χ2n) is 5.70. The van der Waals surface area contributed by atoms with Crippen LogP contribution in [0.1, 0.15) is 55.2 Å². The Morgan fingerprint density at radius 3 is 2.39 bits per heavy atom. The Morgan fingerprint density at radius 1 is 1.04 bits per heavy atom. The third-order valence-corrected chi connectivity index (χ3v) is 4.34. The van der Waals surface area contributed by atoms with Crippen LogP contribution in [-0.4, -0.2) is 27.8 Å². The number of hydroxylamine groups is 2. The van der Waals surface area contributed by atoms with E-state index in [2.05, 4.69) is 4.98 Å². The molecule has 0 unspecified atom stereocenters. The quantitative estimate of drug-likeness (QED) is 0.863. The number of hydrogen-bond acceptors (Lipinski definition) is 4. The first-order valence-corrected chi connectivity index (χ1v) is 7.56. The standard InChI is InChI=1S/C17H14N2O4/c20-15-12-7-3-4-8-13(12)16(21)19(15)23-17(22)14-11-6-2-1-5-10(11)9-18-14/h3-4,7-9,18H,1-2,5-6H2. The molecule has 0 saturated carbocycles. The number of aromatic nitrogens is 1. The first kappa shape index (κ1) is 13.8. The summed E-state index contributed by atoms with van der Waals surface area (Å²) in [4.78, 5) is 44.8. The Labute approximate surface area is 132 Å². The Bertz CT molecular complexity index is 802. The van der Waals surface area contributed by atoms with Crippen molar-refractivity contribution >= 4 is 17.8 Å². The van der Waals surface area contributed by atoms with Gasteiger partial charge in [0.05, 0.1) is 11.1 Å². The van der Waals surface area contributed by atoms with Gasteiger partial charge in [0.25, 0.3) is 11.8 Å². The maximum absolute atomic E-state index is 12.4. The normalized spacial score (nSPS) is 16.3. The first-order valence-electron chi connectivity index (χ1n) is 7.56. The van der Waals surface area contributed by atoms with Crippen LogP contribution in [0.3, 0.4) is 0 Å². The predicted octanol–water partition coefficient (Wildman–Crippen LogP) is 2.26. The summed E-state index contributed by atoms with van der Waals surface area (Å²) in [7, 11) is 0. The molecule has 0 spiro atoms. The van der Waals surface area contributed by atoms with Crippen molar-refractivity contribution in [2.75, 3.05) is 0 Å². The van der Waals surface area contributed by atoms with E-state index in [1.807, 2.05) is 0 Å². The molecule has 2 heterocycles. The van der Waals surface area contributed by atoms with Gasteiger partial charge >= 0.3 is 5.97 Å². The number of benzene rings is 1. The summed E-state index contributed by atoms with van der Waals surface area (Å²) in [6.07, 6.45) is 5.63. The van der Waals surface area contributed by atoms with Crippen LogP contribution in [0.4, 0.5) is 0 Å². The van der Waals surface area contributed by atoms with Gasteiger partial charge in [-0.2, -0.15) is 0 Å². The molecule has 1 aliphatic carbocycles. The third kappa shape index (κ3) is 2.06. The van der Waals surface area contributed by atoms with Crippen LogP contribution in [0.25, 0.3) is 0 Å². The van der Waals surface area contributed by atoms with Gasteiger partial charge in [0.15, 0.2) is 0 Å². The lowest BCUT2D eigenvalue weighted by Gasteiger charge is -2.15. The fourth-order valence-corrected chi connectivity index (χ4v) is 3.18. The van der Waals surface area contributed by atoms with E-state index in [0.717, 1.165) is 36.8 Å². The number of aromatic amines is 1. The van der Waals surface area contributed by atoms with Gasteiger partial charge in [-0.15, -0.1) is 0 Å².